The third-order valence-corrected chi connectivity index (χ3v) is 3.66. The zero-order chi connectivity index (χ0) is 7.97. The third-order valence-electron chi connectivity index (χ3n) is 2.74. The van der Waals surface area contributed by atoms with Gasteiger partial charge in [-0.05, 0) is 29.9 Å². The zero-order valence-electron chi connectivity index (χ0n) is 6.79. The monoisotopic (exact) mass is 177 g/mol. The summed E-state index contributed by atoms with van der Waals surface area (Å²) in [6.45, 7) is 0. The Labute approximate surface area is 76.1 Å². The quantitative estimate of drug-likeness (QED) is 0.694. The van der Waals surface area contributed by atoms with Crippen LogP contribution in [0.3, 0.4) is 0 Å². The summed E-state index contributed by atoms with van der Waals surface area (Å²) in [6, 6.07) is 5.69. The summed E-state index contributed by atoms with van der Waals surface area (Å²) in [5, 5.41) is 5.74. The maximum Gasteiger partial charge on any atom is 0.0337 e. The molecule has 0 spiro atoms. The maximum atomic E-state index is 3.58. The standard InChI is InChI=1S/C10H11NS/c1-2-10(12-5-1)8-6-7-3-4-9(8)11-7/h1-2,5-7,9,11H,3-4H2. The molecule has 2 atom stereocenters. The van der Waals surface area contributed by atoms with E-state index in [0.29, 0.717) is 12.1 Å². The molecule has 3 heterocycles. The van der Waals surface area contributed by atoms with E-state index in [-0.39, 0.29) is 0 Å². The molecular weight excluding hydrogens is 166 g/mol. The van der Waals surface area contributed by atoms with Gasteiger partial charge in [-0.1, -0.05) is 12.1 Å². The molecule has 62 valence electrons. The zero-order valence-corrected chi connectivity index (χ0v) is 7.60. The molecular formula is C10H11NS. The molecule has 2 bridgehead atoms. The first-order chi connectivity index (χ1) is 5.93. The number of thiophene rings is 1. The first-order valence-corrected chi connectivity index (χ1v) is 5.33. The molecule has 0 aromatic carbocycles. The van der Waals surface area contributed by atoms with Gasteiger partial charge in [-0.15, -0.1) is 11.3 Å². The Hall–Kier alpha value is -0.600. The molecule has 0 saturated carbocycles. The lowest BCUT2D eigenvalue weighted by Crippen LogP contribution is -2.20. The number of hydrogen-bond acceptors (Lipinski definition) is 2. The van der Waals surface area contributed by atoms with Crippen molar-refractivity contribution in [3.63, 3.8) is 0 Å². The van der Waals surface area contributed by atoms with Crippen LogP contribution in [0.4, 0.5) is 0 Å². The van der Waals surface area contributed by atoms with Crippen molar-refractivity contribution >= 4 is 16.9 Å². The number of nitrogens with one attached hydrogen (secondary N) is 1. The van der Waals surface area contributed by atoms with Crippen LogP contribution in [-0.4, -0.2) is 12.1 Å². The summed E-state index contributed by atoms with van der Waals surface area (Å²) in [7, 11) is 0. The predicted octanol–water partition coefficient (Wildman–Crippen LogP) is 2.27. The highest BCUT2D eigenvalue weighted by Crippen LogP contribution is 2.35. The van der Waals surface area contributed by atoms with Crippen molar-refractivity contribution in [2.24, 2.45) is 0 Å². The first-order valence-electron chi connectivity index (χ1n) is 4.45. The minimum Gasteiger partial charge on any atom is -0.304 e. The lowest BCUT2D eigenvalue weighted by Gasteiger charge is -2.09. The lowest BCUT2D eigenvalue weighted by molar-refractivity contribution is 0.721. The van der Waals surface area contributed by atoms with Gasteiger partial charge in [-0.2, -0.15) is 0 Å². The average Bonchev–Trinajstić information content (AvgIpc) is 2.81. The van der Waals surface area contributed by atoms with E-state index in [4.69, 9.17) is 0 Å². The Balaban J connectivity index is 2.00. The van der Waals surface area contributed by atoms with Crippen molar-refractivity contribution in [2.45, 2.75) is 24.9 Å². The van der Waals surface area contributed by atoms with Crippen molar-refractivity contribution in [3.8, 4) is 0 Å². The molecule has 1 aromatic heterocycles. The largest absolute Gasteiger partial charge is 0.304 e. The topological polar surface area (TPSA) is 12.0 Å². The van der Waals surface area contributed by atoms with E-state index in [1.54, 1.807) is 5.57 Å². The van der Waals surface area contributed by atoms with Gasteiger partial charge in [-0.3, -0.25) is 0 Å². The molecule has 2 heteroatoms. The highest BCUT2D eigenvalue weighted by Gasteiger charge is 2.32. The van der Waals surface area contributed by atoms with Crippen molar-refractivity contribution in [1.29, 1.82) is 0 Å². The second kappa shape index (κ2) is 2.44. The minimum absolute atomic E-state index is 0.661. The smallest absolute Gasteiger partial charge is 0.0337 e. The van der Waals surface area contributed by atoms with Crippen LogP contribution in [0.25, 0.3) is 5.57 Å². The molecule has 1 nitrogen and oxygen atoms in total. The fraction of sp³-hybridized carbons (Fsp3) is 0.400. The molecule has 12 heavy (non-hydrogen) atoms. The molecule has 0 radical (unpaired) electrons. The summed E-state index contributed by atoms with van der Waals surface area (Å²) in [6.07, 6.45) is 5.06. The van der Waals surface area contributed by atoms with Gasteiger partial charge >= 0.3 is 0 Å². The van der Waals surface area contributed by atoms with Gasteiger partial charge in [0, 0.05) is 17.0 Å². The molecule has 1 aromatic rings. The fourth-order valence-electron chi connectivity index (χ4n) is 2.18. The van der Waals surface area contributed by atoms with Gasteiger partial charge in [0.25, 0.3) is 0 Å². The number of fused-ring (bicyclic) bond motifs is 2. The molecule has 2 unspecified atom stereocenters. The Kier molecular flexibility index (Phi) is 1.40. The Morgan fingerprint density at radius 1 is 1.42 bits per heavy atom. The lowest BCUT2D eigenvalue weighted by atomic mass is 9.98. The van der Waals surface area contributed by atoms with E-state index >= 15 is 0 Å². The highest BCUT2D eigenvalue weighted by molar-refractivity contribution is 7.11. The van der Waals surface area contributed by atoms with Crippen molar-refractivity contribution in [1.82, 2.24) is 5.32 Å². The summed E-state index contributed by atoms with van der Waals surface area (Å²) in [5.41, 5.74) is 1.54. The molecule has 1 fully saturated rings. The van der Waals surface area contributed by atoms with Gasteiger partial charge in [0.1, 0.15) is 0 Å². The Morgan fingerprint density at radius 2 is 2.42 bits per heavy atom. The van der Waals surface area contributed by atoms with Crippen LogP contribution in [0.5, 0.6) is 0 Å². The average molecular weight is 177 g/mol. The van der Waals surface area contributed by atoms with Crippen molar-refractivity contribution in [3.05, 3.63) is 28.5 Å². The van der Waals surface area contributed by atoms with E-state index in [9.17, 15) is 0 Å². The SMILES string of the molecule is C1=C(c2cccs2)C2CCC1N2. The van der Waals surface area contributed by atoms with Gasteiger partial charge < -0.3 is 5.32 Å². The maximum absolute atomic E-state index is 3.58. The summed E-state index contributed by atoms with van der Waals surface area (Å²) in [4.78, 5) is 1.45. The molecule has 1 saturated heterocycles. The van der Waals surface area contributed by atoms with E-state index in [0.717, 1.165) is 0 Å². The van der Waals surface area contributed by atoms with Crippen LogP contribution in [0, 0.1) is 0 Å². The molecule has 2 aliphatic heterocycles. The van der Waals surface area contributed by atoms with E-state index in [2.05, 4.69) is 28.9 Å². The molecule has 2 aliphatic rings. The highest BCUT2D eigenvalue weighted by atomic mass is 32.1. The summed E-state index contributed by atoms with van der Waals surface area (Å²) < 4.78 is 0. The second-order valence-corrected chi connectivity index (χ2v) is 4.45. The Bertz CT molecular complexity index is 313. The van der Waals surface area contributed by atoms with E-state index in [1.807, 2.05) is 11.3 Å². The van der Waals surface area contributed by atoms with Gasteiger partial charge in [0.05, 0.1) is 0 Å². The molecule has 0 amide bonds. The second-order valence-electron chi connectivity index (χ2n) is 3.50. The van der Waals surface area contributed by atoms with Crippen molar-refractivity contribution in [2.75, 3.05) is 0 Å². The number of hydrogen-bond donors (Lipinski definition) is 1. The third kappa shape index (κ3) is 0.883. The minimum atomic E-state index is 0.661. The first kappa shape index (κ1) is 6.87. The van der Waals surface area contributed by atoms with Crippen molar-refractivity contribution < 1.29 is 0 Å². The molecule has 3 rings (SSSR count). The predicted molar refractivity (Wildman–Crippen MR) is 52.2 cm³/mol. The van der Waals surface area contributed by atoms with Crippen LogP contribution >= 0.6 is 11.3 Å². The van der Waals surface area contributed by atoms with Crippen LogP contribution in [0.1, 0.15) is 17.7 Å². The molecule has 0 aliphatic carbocycles. The fourth-order valence-corrected chi connectivity index (χ4v) is 2.98. The normalized spacial score (nSPS) is 32.5. The van der Waals surface area contributed by atoms with E-state index < -0.39 is 0 Å². The summed E-state index contributed by atoms with van der Waals surface area (Å²) in [5.74, 6) is 0. The van der Waals surface area contributed by atoms with Crippen LogP contribution < -0.4 is 5.32 Å². The van der Waals surface area contributed by atoms with Gasteiger partial charge in [-0.25, -0.2) is 0 Å². The van der Waals surface area contributed by atoms with Crippen LogP contribution in [0.2, 0.25) is 0 Å². The summed E-state index contributed by atoms with van der Waals surface area (Å²) >= 11 is 1.85. The Morgan fingerprint density at radius 3 is 3.00 bits per heavy atom. The van der Waals surface area contributed by atoms with Crippen LogP contribution in [0.15, 0.2) is 23.6 Å². The molecule has 1 N–H and O–H groups in total. The van der Waals surface area contributed by atoms with E-state index in [1.165, 1.54) is 17.7 Å². The van der Waals surface area contributed by atoms with Gasteiger partial charge in [0.2, 0.25) is 0 Å². The van der Waals surface area contributed by atoms with Crippen LogP contribution in [-0.2, 0) is 0 Å². The number of rotatable bonds is 1. The van der Waals surface area contributed by atoms with Gasteiger partial charge in [0.15, 0.2) is 0 Å².